The Labute approximate surface area is 143 Å². The second-order valence-corrected chi connectivity index (χ2v) is 6.68. The van der Waals surface area contributed by atoms with Crippen LogP contribution in [0.4, 0.5) is 5.69 Å². The highest BCUT2D eigenvalue weighted by atomic mass is 32.2. The van der Waals surface area contributed by atoms with Crippen LogP contribution >= 0.6 is 11.8 Å². The number of nitro benzene ring substituents is 1. The summed E-state index contributed by atoms with van der Waals surface area (Å²) >= 11 is 0.892. The first-order chi connectivity index (χ1) is 11.2. The number of nitrogens with zero attached hydrogens (tertiary/aromatic N) is 3. The van der Waals surface area contributed by atoms with E-state index in [0.29, 0.717) is 16.7 Å². The number of hydrogen-bond donors (Lipinski definition) is 2. The number of benzene rings is 1. The molecule has 0 unspecified atom stereocenters. The molecule has 0 amide bonds. The van der Waals surface area contributed by atoms with Gasteiger partial charge in [0.1, 0.15) is 5.92 Å². The van der Waals surface area contributed by atoms with Gasteiger partial charge in [0.25, 0.3) is 5.69 Å². The van der Waals surface area contributed by atoms with Gasteiger partial charge in [-0.2, -0.15) is 10.5 Å². The molecule has 1 aliphatic rings. The molecule has 1 aromatic rings. The molecule has 0 saturated carbocycles. The van der Waals surface area contributed by atoms with Crippen molar-refractivity contribution in [2.45, 2.75) is 26.7 Å². The van der Waals surface area contributed by atoms with Crippen LogP contribution in [0.25, 0.3) is 0 Å². The number of thioether (sulfide) groups is 1. The molecule has 24 heavy (non-hydrogen) atoms. The lowest BCUT2D eigenvalue weighted by Crippen LogP contribution is -2.28. The summed E-state index contributed by atoms with van der Waals surface area (Å²) in [6, 6.07) is 5.74. The molecule has 122 valence electrons. The van der Waals surface area contributed by atoms with Crippen molar-refractivity contribution in [3.8, 4) is 12.1 Å². The molecular weight excluding hydrogens is 326 g/mol. The average Bonchev–Trinajstić information content (AvgIpc) is 2.46. The largest absolute Gasteiger partial charge is 0.392 e. The van der Waals surface area contributed by atoms with Crippen LogP contribution in [0.1, 0.15) is 28.2 Å². The van der Waals surface area contributed by atoms with Gasteiger partial charge in [0.2, 0.25) is 0 Å². The highest BCUT2D eigenvalue weighted by Gasteiger charge is 2.40. The Morgan fingerprint density at radius 1 is 1.33 bits per heavy atom. The van der Waals surface area contributed by atoms with Crippen LogP contribution in [-0.2, 0) is 0 Å². The number of aryl methyl sites for hydroxylation is 2. The zero-order valence-corrected chi connectivity index (χ0v) is 14.2. The fraction of sp³-hybridized carbons (Fsp3) is 0.312. The van der Waals surface area contributed by atoms with Gasteiger partial charge in [-0.25, -0.2) is 0 Å². The van der Waals surface area contributed by atoms with Gasteiger partial charge in [-0.15, -0.1) is 0 Å². The predicted molar refractivity (Wildman–Crippen MR) is 91.3 cm³/mol. The normalized spacial score (nSPS) is 20.5. The Morgan fingerprint density at radius 3 is 2.46 bits per heavy atom. The molecule has 7 nitrogen and oxygen atoms in total. The fourth-order valence-corrected chi connectivity index (χ4v) is 4.06. The molecule has 2 rings (SSSR count). The third kappa shape index (κ3) is 2.61. The molecule has 0 fully saturated rings. The van der Waals surface area contributed by atoms with E-state index in [1.54, 1.807) is 26.8 Å². The molecule has 2 atom stereocenters. The third-order valence-corrected chi connectivity index (χ3v) is 5.07. The molecule has 1 aliphatic heterocycles. The van der Waals surface area contributed by atoms with E-state index in [0.717, 1.165) is 17.3 Å². The summed E-state index contributed by atoms with van der Waals surface area (Å²) in [7, 11) is 0. The van der Waals surface area contributed by atoms with E-state index in [-0.39, 0.29) is 21.3 Å². The molecule has 0 aliphatic carbocycles. The first-order valence-corrected chi connectivity index (χ1v) is 7.86. The van der Waals surface area contributed by atoms with Gasteiger partial charge in [-0.1, -0.05) is 11.8 Å². The van der Waals surface area contributed by atoms with Gasteiger partial charge in [-0.05, 0) is 38.0 Å². The highest BCUT2D eigenvalue weighted by molar-refractivity contribution is 8.17. The Kier molecular flexibility index (Phi) is 4.63. The summed E-state index contributed by atoms with van der Waals surface area (Å²) < 4.78 is 0. The van der Waals surface area contributed by atoms with E-state index < -0.39 is 16.8 Å². The summed E-state index contributed by atoms with van der Waals surface area (Å²) in [6.07, 6.45) is 0. The molecule has 0 aromatic heterocycles. The standard InChI is InChI=1S/C16H15N5O2S/c1-7-4-8(2)14(21(22)23)9(3)12(7)13-10(5-17)15(19)24-16(20)11(13)6-18/h4,10,13,19H,20H2,1-3H3/t10-,13+/m1/s1. The topological polar surface area (TPSA) is 141 Å². The molecule has 0 bridgehead atoms. The SMILES string of the molecule is Cc1cc(C)c([N+](=O)[O-])c(C)c1[C@@H]1C(C#N)=C(N)SC(=N)[C@@H]1C#N. The second kappa shape index (κ2) is 6.34. The summed E-state index contributed by atoms with van der Waals surface area (Å²) in [5.41, 5.74) is 8.23. The summed E-state index contributed by atoms with van der Waals surface area (Å²) in [4.78, 5) is 11.0. The second-order valence-electron chi connectivity index (χ2n) is 5.60. The van der Waals surface area contributed by atoms with Crippen LogP contribution in [0, 0.1) is 64.9 Å². The summed E-state index contributed by atoms with van der Waals surface area (Å²) in [5.74, 6) is -1.66. The third-order valence-electron chi connectivity index (χ3n) is 4.16. The molecule has 0 radical (unpaired) electrons. The van der Waals surface area contributed by atoms with Crippen LogP contribution < -0.4 is 5.73 Å². The Balaban J connectivity index is 2.87. The number of nitrogens with one attached hydrogen (secondary N) is 1. The number of nitrogens with two attached hydrogens (primary N) is 1. The Morgan fingerprint density at radius 2 is 1.96 bits per heavy atom. The van der Waals surface area contributed by atoms with E-state index in [2.05, 4.69) is 0 Å². The van der Waals surface area contributed by atoms with Crippen LogP contribution in [0.3, 0.4) is 0 Å². The maximum absolute atomic E-state index is 11.4. The van der Waals surface area contributed by atoms with E-state index in [1.807, 2.05) is 12.1 Å². The maximum Gasteiger partial charge on any atom is 0.275 e. The van der Waals surface area contributed by atoms with Gasteiger partial charge in [0.05, 0.1) is 32.7 Å². The van der Waals surface area contributed by atoms with E-state index >= 15 is 0 Å². The zero-order chi connectivity index (χ0) is 18.2. The Hall–Kier alpha value is -2.84. The van der Waals surface area contributed by atoms with E-state index in [4.69, 9.17) is 11.1 Å². The highest BCUT2D eigenvalue weighted by Crippen LogP contribution is 2.46. The summed E-state index contributed by atoms with van der Waals surface area (Å²) in [5, 5.41) is 38.6. The first-order valence-electron chi connectivity index (χ1n) is 7.05. The average molecular weight is 341 g/mol. The lowest BCUT2D eigenvalue weighted by Gasteiger charge is -2.30. The van der Waals surface area contributed by atoms with E-state index in [1.165, 1.54) is 0 Å². The lowest BCUT2D eigenvalue weighted by atomic mass is 9.77. The van der Waals surface area contributed by atoms with Crippen molar-refractivity contribution in [1.29, 1.82) is 15.9 Å². The Bertz CT molecular complexity index is 876. The van der Waals surface area contributed by atoms with Crippen molar-refractivity contribution >= 4 is 22.5 Å². The molecule has 8 heteroatoms. The van der Waals surface area contributed by atoms with Gasteiger partial charge in [0, 0.05) is 17.0 Å². The van der Waals surface area contributed by atoms with Crippen LogP contribution in [0.5, 0.6) is 0 Å². The summed E-state index contributed by atoms with van der Waals surface area (Å²) in [6.45, 7) is 5.04. The van der Waals surface area contributed by atoms with Crippen LogP contribution in [-0.4, -0.2) is 9.97 Å². The monoisotopic (exact) mass is 341 g/mol. The van der Waals surface area contributed by atoms with Crippen LogP contribution in [0.2, 0.25) is 0 Å². The minimum atomic E-state index is -0.892. The smallest absolute Gasteiger partial charge is 0.275 e. The maximum atomic E-state index is 11.4. The molecular formula is C16H15N5O2S. The molecule has 1 aromatic carbocycles. The van der Waals surface area contributed by atoms with Crippen molar-refractivity contribution in [2.24, 2.45) is 11.7 Å². The van der Waals surface area contributed by atoms with Crippen molar-refractivity contribution < 1.29 is 4.92 Å². The van der Waals surface area contributed by atoms with Crippen molar-refractivity contribution in [3.63, 3.8) is 0 Å². The van der Waals surface area contributed by atoms with E-state index in [9.17, 15) is 20.6 Å². The number of allylic oxidation sites excluding steroid dienone is 1. The number of nitriles is 2. The van der Waals surface area contributed by atoms with Crippen molar-refractivity contribution in [3.05, 3.63) is 49.0 Å². The minimum absolute atomic E-state index is 0.0343. The number of rotatable bonds is 2. The van der Waals surface area contributed by atoms with Crippen molar-refractivity contribution in [1.82, 2.24) is 0 Å². The lowest BCUT2D eigenvalue weighted by molar-refractivity contribution is -0.386. The first kappa shape index (κ1) is 17.5. The fourth-order valence-electron chi connectivity index (χ4n) is 3.23. The molecule has 1 heterocycles. The number of nitro groups is 1. The van der Waals surface area contributed by atoms with Gasteiger partial charge in [0.15, 0.2) is 0 Å². The van der Waals surface area contributed by atoms with Crippen molar-refractivity contribution in [2.75, 3.05) is 0 Å². The quantitative estimate of drug-likeness (QED) is 0.625. The van der Waals surface area contributed by atoms with Crippen LogP contribution in [0.15, 0.2) is 16.7 Å². The molecule has 3 N–H and O–H groups in total. The predicted octanol–water partition coefficient (Wildman–Crippen LogP) is 3.16. The molecule has 0 spiro atoms. The zero-order valence-electron chi connectivity index (χ0n) is 13.4. The van der Waals surface area contributed by atoms with Gasteiger partial charge < -0.3 is 5.73 Å². The van der Waals surface area contributed by atoms with Gasteiger partial charge in [-0.3, -0.25) is 15.5 Å². The molecule has 0 saturated heterocycles. The van der Waals surface area contributed by atoms with Gasteiger partial charge >= 0.3 is 0 Å². The number of hydrogen-bond acceptors (Lipinski definition) is 7. The minimum Gasteiger partial charge on any atom is -0.392 e.